The molecule has 2 aromatic rings. The van der Waals surface area contributed by atoms with Crippen LogP contribution in [0.2, 0.25) is 5.02 Å². The van der Waals surface area contributed by atoms with Crippen molar-refractivity contribution in [3.05, 3.63) is 35.0 Å². The summed E-state index contributed by atoms with van der Waals surface area (Å²) in [7, 11) is 0. The van der Waals surface area contributed by atoms with E-state index in [4.69, 9.17) is 16.6 Å². The highest BCUT2D eigenvalue weighted by molar-refractivity contribution is 6.35. The van der Waals surface area contributed by atoms with Gasteiger partial charge in [-0.3, -0.25) is 4.98 Å². The van der Waals surface area contributed by atoms with E-state index in [0.717, 1.165) is 34.7 Å². The standard InChI is InChI=1S/C16H19ClN2/c1-3-19(4-2)12-7-8-15-13(9-12)14(17)10-16(18-15)11-5-6-11/h7-11H,3-6H2,1-2H3. The second kappa shape index (κ2) is 5.01. The van der Waals surface area contributed by atoms with E-state index >= 15 is 0 Å². The van der Waals surface area contributed by atoms with Gasteiger partial charge in [-0.05, 0) is 51.0 Å². The molecule has 1 saturated carbocycles. The van der Waals surface area contributed by atoms with E-state index in [0.29, 0.717) is 5.92 Å². The number of rotatable bonds is 4. The van der Waals surface area contributed by atoms with E-state index < -0.39 is 0 Å². The van der Waals surface area contributed by atoms with E-state index in [1.54, 1.807) is 0 Å². The first-order valence-electron chi connectivity index (χ1n) is 7.08. The molecule has 1 aliphatic rings. The molecule has 0 N–H and O–H groups in total. The van der Waals surface area contributed by atoms with Gasteiger partial charge in [-0.25, -0.2) is 0 Å². The van der Waals surface area contributed by atoms with Crippen molar-refractivity contribution in [1.82, 2.24) is 4.98 Å². The summed E-state index contributed by atoms with van der Waals surface area (Å²) in [5.41, 5.74) is 3.40. The van der Waals surface area contributed by atoms with E-state index in [2.05, 4.69) is 36.9 Å². The quantitative estimate of drug-likeness (QED) is 0.809. The van der Waals surface area contributed by atoms with E-state index in [1.165, 1.54) is 18.5 Å². The largest absolute Gasteiger partial charge is 0.372 e. The Labute approximate surface area is 119 Å². The highest BCUT2D eigenvalue weighted by Crippen LogP contribution is 2.41. The van der Waals surface area contributed by atoms with Crippen LogP contribution in [0.25, 0.3) is 10.9 Å². The molecule has 100 valence electrons. The Kier molecular flexibility index (Phi) is 3.36. The van der Waals surface area contributed by atoms with Crippen LogP contribution >= 0.6 is 11.6 Å². The van der Waals surface area contributed by atoms with Crippen LogP contribution in [0.15, 0.2) is 24.3 Å². The summed E-state index contributed by atoms with van der Waals surface area (Å²) in [6.45, 7) is 6.36. The Morgan fingerprint density at radius 1 is 1.21 bits per heavy atom. The van der Waals surface area contributed by atoms with E-state index in [1.807, 2.05) is 6.07 Å². The second-order valence-corrected chi connectivity index (χ2v) is 5.58. The van der Waals surface area contributed by atoms with Crippen molar-refractivity contribution < 1.29 is 0 Å². The van der Waals surface area contributed by atoms with Gasteiger partial charge in [-0.15, -0.1) is 0 Å². The SMILES string of the molecule is CCN(CC)c1ccc2nc(C3CC3)cc(Cl)c2c1. The van der Waals surface area contributed by atoms with E-state index in [9.17, 15) is 0 Å². The fraction of sp³-hybridized carbons (Fsp3) is 0.438. The molecule has 0 spiro atoms. The third kappa shape index (κ3) is 2.42. The Hall–Kier alpha value is -1.28. The van der Waals surface area contributed by atoms with Gasteiger partial charge < -0.3 is 4.90 Å². The van der Waals surface area contributed by atoms with Crippen molar-refractivity contribution >= 4 is 28.2 Å². The molecule has 0 amide bonds. The van der Waals surface area contributed by atoms with Gasteiger partial charge in [-0.2, -0.15) is 0 Å². The number of benzene rings is 1. The molecule has 1 heterocycles. The maximum absolute atomic E-state index is 6.44. The number of nitrogens with zero attached hydrogens (tertiary/aromatic N) is 2. The zero-order valence-electron chi connectivity index (χ0n) is 11.5. The molecule has 19 heavy (non-hydrogen) atoms. The predicted octanol–water partition coefficient (Wildman–Crippen LogP) is 4.61. The van der Waals surface area contributed by atoms with Gasteiger partial charge in [0.25, 0.3) is 0 Å². The molecular formula is C16H19ClN2. The van der Waals surface area contributed by atoms with Crippen molar-refractivity contribution in [2.45, 2.75) is 32.6 Å². The number of hydrogen-bond donors (Lipinski definition) is 0. The van der Waals surface area contributed by atoms with Gasteiger partial charge in [0.1, 0.15) is 0 Å². The molecule has 0 atom stereocenters. The van der Waals surface area contributed by atoms with Crippen LogP contribution in [-0.2, 0) is 0 Å². The van der Waals surface area contributed by atoms with Crippen LogP contribution < -0.4 is 4.90 Å². The molecule has 3 heteroatoms. The van der Waals surface area contributed by atoms with E-state index in [-0.39, 0.29) is 0 Å². The first kappa shape index (κ1) is 12.7. The monoisotopic (exact) mass is 274 g/mol. The Morgan fingerprint density at radius 3 is 2.58 bits per heavy atom. The summed E-state index contributed by atoms with van der Waals surface area (Å²) in [5.74, 6) is 0.643. The summed E-state index contributed by atoms with van der Waals surface area (Å²) in [5, 5.41) is 1.90. The minimum absolute atomic E-state index is 0.643. The number of anilines is 1. The van der Waals surface area contributed by atoms with Crippen molar-refractivity contribution in [3.8, 4) is 0 Å². The molecule has 1 aromatic heterocycles. The zero-order valence-corrected chi connectivity index (χ0v) is 12.2. The molecule has 1 aliphatic carbocycles. The van der Waals surface area contributed by atoms with Gasteiger partial charge in [-0.1, -0.05) is 11.6 Å². The van der Waals surface area contributed by atoms with Gasteiger partial charge in [0.15, 0.2) is 0 Å². The minimum atomic E-state index is 0.643. The van der Waals surface area contributed by atoms with Crippen LogP contribution in [0.1, 0.15) is 38.3 Å². The van der Waals surface area contributed by atoms with Crippen LogP contribution in [-0.4, -0.2) is 18.1 Å². The van der Waals surface area contributed by atoms with Crippen LogP contribution in [0.5, 0.6) is 0 Å². The number of aromatic nitrogens is 1. The third-order valence-corrected chi connectivity index (χ3v) is 4.20. The summed E-state index contributed by atoms with van der Waals surface area (Å²) in [6.07, 6.45) is 2.51. The zero-order chi connectivity index (χ0) is 13.4. The highest BCUT2D eigenvalue weighted by Gasteiger charge is 2.25. The topological polar surface area (TPSA) is 16.1 Å². The lowest BCUT2D eigenvalue weighted by Crippen LogP contribution is -2.21. The first-order chi connectivity index (χ1) is 9.22. The smallest absolute Gasteiger partial charge is 0.0721 e. The summed E-state index contributed by atoms with van der Waals surface area (Å²) in [6, 6.07) is 8.46. The second-order valence-electron chi connectivity index (χ2n) is 5.18. The minimum Gasteiger partial charge on any atom is -0.372 e. The van der Waals surface area contributed by atoms with Crippen molar-refractivity contribution in [1.29, 1.82) is 0 Å². The number of halogens is 1. The lowest BCUT2D eigenvalue weighted by molar-refractivity contribution is 0.867. The molecule has 0 aliphatic heterocycles. The lowest BCUT2D eigenvalue weighted by Gasteiger charge is -2.21. The third-order valence-electron chi connectivity index (χ3n) is 3.89. The predicted molar refractivity (Wildman–Crippen MR) is 82.3 cm³/mol. The van der Waals surface area contributed by atoms with Crippen LogP contribution in [0, 0.1) is 0 Å². The number of fused-ring (bicyclic) bond motifs is 1. The average Bonchev–Trinajstić information content (AvgIpc) is 3.25. The fourth-order valence-electron chi connectivity index (χ4n) is 2.57. The maximum atomic E-state index is 6.44. The van der Waals surface area contributed by atoms with Crippen molar-refractivity contribution in [2.75, 3.05) is 18.0 Å². The van der Waals surface area contributed by atoms with Gasteiger partial charge in [0.05, 0.1) is 10.5 Å². The molecule has 1 fully saturated rings. The van der Waals surface area contributed by atoms with Gasteiger partial charge >= 0.3 is 0 Å². The molecule has 2 nitrogen and oxygen atoms in total. The first-order valence-corrected chi connectivity index (χ1v) is 7.45. The Balaban J connectivity index is 2.07. The maximum Gasteiger partial charge on any atom is 0.0721 e. The average molecular weight is 275 g/mol. The Bertz CT molecular complexity index is 601. The molecule has 1 aromatic carbocycles. The summed E-state index contributed by atoms with van der Waals surface area (Å²) >= 11 is 6.44. The number of hydrogen-bond acceptors (Lipinski definition) is 2. The van der Waals surface area contributed by atoms with Crippen molar-refractivity contribution in [3.63, 3.8) is 0 Å². The fourth-order valence-corrected chi connectivity index (χ4v) is 2.83. The van der Waals surface area contributed by atoms with Crippen LogP contribution in [0.3, 0.4) is 0 Å². The van der Waals surface area contributed by atoms with Gasteiger partial charge in [0, 0.05) is 35.8 Å². The van der Waals surface area contributed by atoms with Gasteiger partial charge in [0.2, 0.25) is 0 Å². The van der Waals surface area contributed by atoms with Crippen molar-refractivity contribution in [2.24, 2.45) is 0 Å². The lowest BCUT2D eigenvalue weighted by atomic mass is 10.1. The number of pyridine rings is 1. The molecule has 0 unspecified atom stereocenters. The molecule has 0 radical (unpaired) electrons. The molecule has 3 rings (SSSR count). The molecular weight excluding hydrogens is 256 g/mol. The summed E-state index contributed by atoms with van der Waals surface area (Å²) in [4.78, 5) is 7.07. The molecule has 0 saturated heterocycles. The Morgan fingerprint density at radius 2 is 1.95 bits per heavy atom. The summed E-state index contributed by atoms with van der Waals surface area (Å²) < 4.78 is 0. The highest BCUT2D eigenvalue weighted by atomic mass is 35.5. The normalized spacial score (nSPS) is 14.9. The molecule has 0 bridgehead atoms. The van der Waals surface area contributed by atoms with Crippen LogP contribution in [0.4, 0.5) is 5.69 Å².